The molecule has 3 atom stereocenters. The number of hydrogen-bond acceptors (Lipinski definition) is 5. The highest BCUT2D eigenvalue weighted by Gasteiger charge is 2.36. The van der Waals surface area contributed by atoms with E-state index in [1.807, 2.05) is 22.9 Å². The molecule has 0 amide bonds. The van der Waals surface area contributed by atoms with Crippen molar-refractivity contribution in [1.82, 2.24) is 0 Å². The molecule has 0 fully saturated rings. The van der Waals surface area contributed by atoms with Crippen molar-refractivity contribution in [3.63, 3.8) is 0 Å². The first kappa shape index (κ1) is 18.4. The van der Waals surface area contributed by atoms with Crippen molar-refractivity contribution >= 4 is 17.3 Å². The van der Waals surface area contributed by atoms with E-state index in [0.29, 0.717) is 12.0 Å². The lowest BCUT2D eigenvalue weighted by atomic mass is 9.87. The van der Waals surface area contributed by atoms with E-state index in [0.717, 1.165) is 36.3 Å². The Morgan fingerprint density at radius 1 is 1.22 bits per heavy atom. The Labute approximate surface area is 164 Å². The van der Waals surface area contributed by atoms with Gasteiger partial charge in [0.15, 0.2) is 11.5 Å². The van der Waals surface area contributed by atoms with Crippen LogP contribution in [0.3, 0.4) is 0 Å². The van der Waals surface area contributed by atoms with Crippen LogP contribution in [0.2, 0.25) is 0 Å². The average Bonchev–Trinajstić information content (AvgIpc) is 3.16. The summed E-state index contributed by atoms with van der Waals surface area (Å²) in [5, 5.41) is 3.74. The Hall–Kier alpha value is -2.01. The third-order valence-corrected chi connectivity index (χ3v) is 6.43. The summed E-state index contributed by atoms with van der Waals surface area (Å²) in [5.74, 6) is 1.45. The van der Waals surface area contributed by atoms with Crippen LogP contribution in [0.25, 0.3) is 0 Å². The van der Waals surface area contributed by atoms with Crippen LogP contribution in [0.4, 0.5) is 0 Å². The lowest BCUT2D eigenvalue weighted by Gasteiger charge is -2.24. The predicted octanol–water partition coefficient (Wildman–Crippen LogP) is 5.35. The zero-order valence-electron chi connectivity index (χ0n) is 15.9. The van der Waals surface area contributed by atoms with Crippen LogP contribution in [0, 0.1) is 0 Å². The molecular weight excluding hydrogens is 360 g/mol. The number of esters is 1. The van der Waals surface area contributed by atoms with E-state index in [1.54, 1.807) is 7.11 Å². The number of ether oxygens (including phenoxy) is 3. The van der Waals surface area contributed by atoms with E-state index in [1.165, 1.54) is 29.7 Å². The summed E-state index contributed by atoms with van der Waals surface area (Å²) >= 11 is 1.51. The van der Waals surface area contributed by atoms with E-state index in [9.17, 15) is 4.79 Å². The number of thiophene rings is 1. The summed E-state index contributed by atoms with van der Waals surface area (Å²) in [5.41, 5.74) is 3.07. The SMILES string of the molecule is COc1ccc2c3c1OC(CCCCC2)C[C@@H](OC(=O)c1ccsc1)[C@@H]3C. The second-order valence-corrected chi connectivity index (χ2v) is 8.27. The lowest BCUT2D eigenvalue weighted by molar-refractivity contribution is 0.0141. The van der Waals surface area contributed by atoms with Crippen molar-refractivity contribution in [3.8, 4) is 11.5 Å². The van der Waals surface area contributed by atoms with Gasteiger partial charge in [-0.05, 0) is 48.8 Å². The summed E-state index contributed by atoms with van der Waals surface area (Å²) in [6.07, 6.45) is 6.07. The topological polar surface area (TPSA) is 44.8 Å². The fourth-order valence-corrected chi connectivity index (χ4v) is 4.89. The molecule has 4 rings (SSSR count). The van der Waals surface area contributed by atoms with Crippen LogP contribution in [-0.2, 0) is 11.2 Å². The van der Waals surface area contributed by atoms with E-state index < -0.39 is 0 Å². The standard InChI is InChI=1S/C22H26O4S/c1-14-19(26-22(23)16-10-11-27-13-16)12-17-7-5-3-4-6-15-8-9-18(24-2)21(25-17)20(14)15/h8-11,13-14,17,19H,3-7,12H2,1-2H3/t14-,17?,19+/m0/s1. The number of fused-ring (bicyclic) bond motifs is 1. The maximum Gasteiger partial charge on any atom is 0.339 e. The first-order chi connectivity index (χ1) is 13.2. The molecule has 0 saturated carbocycles. The molecule has 4 nitrogen and oxygen atoms in total. The Morgan fingerprint density at radius 2 is 2.11 bits per heavy atom. The molecule has 2 aliphatic rings. The van der Waals surface area contributed by atoms with Crippen LogP contribution < -0.4 is 9.47 Å². The lowest BCUT2D eigenvalue weighted by Crippen LogP contribution is -2.28. The molecule has 3 heterocycles. The highest BCUT2D eigenvalue weighted by Crippen LogP contribution is 2.45. The Kier molecular flexibility index (Phi) is 5.39. The van der Waals surface area contributed by atoms with Crippen molar-refractivity contribution in [3.05, 3.63) is 45.6 Å². The maximum absolute atomic E-state index is 12.6. The minimum absolute atomic E-state index is 0.0382. The Balaban J connectivity index is 1.73. The van der Waals surface area contributed by atoms with Gasteiger partial charge in [-0.3, -0.25) is 0 Å². The van der Waals surface area contributed by atoms with Gasteiger partial charge in [0.25, 0.3) is 0 Å². The number of methoxy groups -OCH3 is 1. The van der Waals surface area contributed by atoms with Gasteiger partial charge in [-0.25, -0.2) is 4.79 Å². The van der Waals surface area contributed by atoms with E-state index in [4.69, 9.17) is 14.2 Å². The molecule has 1 unspecified atom stereocenters. The first-order valence-corrected chi connectivity index (χ1v) is 10.7. The normalized spacial score (nSPS) is 24.6. The third-order valence-electron chi connectivity index (χ3n) is 5.75. The van der Waals surface area contributed by atoms with Crippen LogP contribution >= 0.6 is 11.3 Å². The monoisotopic (exact) mass is 386 g/mol. The molecule has 0 aliphatic carbocycles. The molecule has 1 aromatic heterocycles. The Morgan fingerprint density at radius 3 is 2.89 bits per heavy atom. The molecule has 1 aromatic carbocycles. The molecule has 0 radical (unpaired) electrons. The van der Waals surface area contributed by atoms with Crippen LogP contribution in [0.1, 0.15) is 66.4 Å². The van der Waals surface area contributed by atoms with Crippen molar-refractivity contribution < 1.29 is 19.0 Å². The highest BCUT2D eigenvalue weighted by molar-refractivity contribution is 7.08. The number of carbonyl (C=O) groups is 1. The molecule has 144 valence electrons. The molecule has 2 aliphatic heterocycles. The van der Waals surface area contributed by atoms with Crippen molar-refractivity contribution in [2.75, 3.05) is 7.11 Å². The van der Waals surface area contributed by atoms with Gasteiger partial charge < -0.3 is 14.2 Å². The smallest absolute Gasteiger partial charge is 0.339 e. The number of rotatable bonds is 3. The van der Waals surface area contributed by atoms with Crippen LogP contribution in [0.5, 0.6) is 11.5 Å². The molecule has 2 aromatic rings. The zero-order valence-corrected chi connectivity index (χ0v) is 16.7. The number of hydrogen-bond donors (Lipinski definition) is 0. The van der Waals surface area contributed by atoms with Crippen LogP contribution in [-0.4, -0.2) is 25.3 Å². The van der Waals surface area contributed by atoms with Gasteiger partial charge in [-0.1, -0.05) is 19.4 Å². The summed E-state index contributed by atoms with van der Waals surface area (Å²) in [6.45, 7) is 2.15. The fraction of sp³-hybridized carbons (Fsp3) is 0.500. The molecule has 5 heteroatoms. The van der Waals surface area contributed by atoms with Gasteiger partial charge in [0.1, 0.15) is 12.2 Å². The van der Waals surface area contributed by atoms with Gasteiger partial charge in [-0.15, -0.1) is 0 Å². The summed E-state index contributed by atoms with van der Waals surface area (Å²) in [4.78, 5) is 12.6. The van der Waals surface area contributed by atoms with Gasteiger partial charge in [0, 0.05) is 23.3 Å². The molecule has 27 heavy (non-hydrogen) atoms. The van der Waals surface area contributed by atoms with Gasteiger partial charge in [-0.2, -0.15) is 11.3 Å². The highest BCUT2D eigenvalue weighted by atomic mass is 32.1. The number of benzene rings is 1. The van der Waals surface area contributed by atoms with Gasteiger partial charge in [0.2, 0.25) is 0 Å². The molecular formula is C22H26O4S. The third kappa shape index (κ3) is 3.70. The van der Waals surface area contributed by atoms with E-state index in [-0.39, 0.29) is 24.1 Å². The van der Waals surface area contributed by atoms with E-state index in [2.05, 4.69) is 13.0 Å². The van der Waals surface area contributed by atoms with Gasteiger partial charge in [0.05, 0.1) is 12.7 Å². The first-order valence-electron chi connectivity index (χ1n) is 9.77. The number of aryl methyl sites for hydroxylation is 1. The summed E-state index contributed by atoms with van der Waals surface area (Å²) < 4.78 is 18.1. The number of carbonyl (C=O) groups excluding carboxylic acids is 1. The summed E-state index contributed by atoms with van der Waals surface area (Å²) in [7, 11) is 1.68. The van der Waals surface area contributed by atoms with Crippen molar-refractivity contribution in [2.45, 2.75) is 63.6 Å². The minimum atomic E-state index is -0.241. The average molecular weight is 387 g/mol. The van der Waals surface area contributed by atoms with Crippen LogP contribution in [0.15, 0.2) is 29.0 Å². The Bertz CT molecular complexity index is 799. The minimum Gasteiger partial charge on any atom is -0.493 e. The van der Waals surface area contributed by atoms with E-state index >= 15 is 0 Å². The van der Waals surface area contributed by atoms with Crippen molar-refractivity contribution in [2.24, 2.45) is 0 Å². The largest absolute Gasteiger partial charge is 0.493 e. The van der Waals surface area contributed by atoms with Crippen molar-refractivity contribution in [1.29, 1.82) is 0 Å². The molecule has 0 spiro atoms. The fourth-order valence-electron chi connectivity index (χ4n) is 4.26. The quantitative estimate of drug-likeness (QED) is 0.667. The molecule has 0 N–H and O–H groups in total. The van der Waals surface area contributed by atoms with Gasteiger partial charge >= 0.3 is 5.97 Å². The molecule has 0 saturated heterocycles. The predicted molar refractivity (Wildman–Crippen MR) is 106 cm³/mol. The second-order valence-electron chi connectivity index (χ2n) is 7.49. The summed E-state index contributed by atoms with van der Waals surface area (Å²) in [6, 6.07) is 5.98. The zero-order chi connectivity index (χ0) is 18.8. The molecule has 4 bridgehead atoms. The second kappa shape index (κ2) is 7.93. The maximum atomic E-state index is 12.6.